The van der Waals surface area contributed by atoms with Gasteiger partial charge in [-0.05, 0) is 74.4 Å². The topological polar surface area (TPSA) is 65.4 Å². The Morgan fingerprint density at radius 1 is 1.03 bits per heavy atom. The first-order valence-corrected chi connectivity index (χ1v) is 11.7. The molecule has 1 aromatic heterocycles. The van der Waals surface area contributed by atoms with Crippen molar-refractivity contribution in [1.29, 1.82) is 0 Å². The second-order valence-corrected chi connectivity index (χ2v) is 8.48. The van der Waals surface area contributed by atoms with Gasteiger partial charge in [-0.2, -0.15) is 0 Å². The summed E-state index contributed by atoms with van der Waals surface area (Å²) >= 11 is 5.92. The van der Waals surface area contributed by atoms with Gasteiger partial charge in [0.2, 0.25) is 0 Å². The summed E-state index contributed by atoms with van der Waals surface area (Å²) in [5.41, 5.74) is 2.52. The van der Waals surface area contributed by atoms with Crippen LogP contribution in [0.2, 0.25) is 5.02 Å². The molecule has 1 atom stereocenters. The van der Waals surface area contributed by atoms with Crippen LogP contribution in [0.3, 0.4) is 0 Å². The van der Waals surface area contributed by atoms with Crippen LogP contribution in [0.4, 0.5) is 0 Å². The fourth-order valence-corrected chi connectivity index (χ4v) is 3.99. The summed E-state index contributed by atoms with van der Waals surface area (Å²) in [6, 6.07) is 22.3. The SMILES string of the molecule is COc1cccc(C(=O)NC(C)c2nc3ccccc3n2CCCCOc2ccc(Cl)cc2)c1. The monoisotopic (exact) mass is 477 g/mol. The lowest BCUT2D eigenvalue weighted by atomic mass is 10.2. The molecule has 0 aliphatic rings. The fourth-order valence-electron chi connectivity index (χ4n) is 3.86. The Morgan fingerprint density at radius 2 is 1.82 bits per heavy atom. The zero-order valence-corrected chi connectivity index (χ0v) is 20.1. The van der Waals surface area contributed by atoms with Crippen LogP contribution in [0.15, 0.2) is 72.8 Å². The number of para-hydroxylation sites is 2. The molecule has 0 saturated carbocycles. The molecule has 7 heteroatoms. The maximum Gasteiger partial charge on any atom is 0.251 e. The smallest absolute Gasteiger partial charge is 0.251 e. The number of carbonyl (C=O) groups is 1. The number of halogens is 1. The molecule has 4 rings (SSSR count). The van der Waals surface area contributed by atoms with Crippen molar-refractivity contribution in [2.45, 2.75) is 32.4 Å². The molecule has 0 aliphatic carbocycles. The number of hydrogen-bond donors (Lipinski definition) is 1. The van der Waals surface area contributed by atoms with E-state index in [2.05, 4.69) is 16.0 Å². The Bertz CT molecular complexity index is 1250. The number of fused-ring (bicyclic) bond motifs is 1. The summed E-state index contributed by atoms with van der Waals surface area (Å²) in [6.45, 7) is 3.35. The van der Waals surface area contributed by atoms with Gasteiger partial charge in [0.05, 0.1) is 30.8 Å². The first-order chi connectivity index (χ1) is 16.5. The van der Waals surface area contributed by atoms with Gasteiger partial charge in [-0.3, -0.25) is 4.79 Å². The molecular formula is C27H28ClN3O3. The molecule has 1 heterocycles. The largest absolute Gasteiger partial charge is 0.497 e. The Balaban J connectivity index is 1.42. The number of amides is 1. The maximum absolute atomic E-state index is 12.8. The summed E-state index contributed by atoms with van der Waals surface area (Å²) < 4.78 is 13.2. The minimum atomic E-state index is -0.267. The third kappa shape index (κ3) is 5.69. The third-order valence-corrected chi connectivity index (χ3v) is 5.86. The number of rotatable bonds is 10. The van der Waals surface area contributed by atoms with Crippen LogP contribution in [0.1, 0.15) is 42.0 Å². The average Bonchev–Trinajstić information content (AvgIpc) is 3.23. The van der Waals surface area contributed by atoms with Gasteiger partial charge in [0.15, 0.2) is 0 Å². The Labute approximate surface area is 204 Å². The quantitative estimate of drug-likeness (QED) is 0.282. The number of hydrogen-bond acceptors (Lipinski definition) is 4. The number of benzene rings is 3. The molecule has 1 N–H and O–H groups in total. The van der Waals surface area contributed by atoms with Crippen molar-refractivity contribution in [3.8, 4) is 11.5 Å². The molecule has 0 saturated heterocycles. The van der Waals surface area contributed by atoms with Crippen LogP contribution in [-0.2, 0) is 6.54 Å². The van der Waals surface area contributed by atoms with Gasteiger partial charge >= 0.3 is 0 Å². The Hall–Kier alpha value is -3.51. The number of aryl methyl sites for hydroxylation is 1. The standard InChI is InChI=1S/C27H28ClN3O3/c1-19(29-27(32)20-8-7-9-23(18-20)33-2)26-30-24-10-3-4-11-25(24)31(26)16-5-6-17-34-22-14-12-21(28)13-15-22/h3-4,7-15,18-19H,5-6,16-17H2,1-2H3,(H,29,32). The van der Waals surface area contributed by atoms with E-state index in [1.54, 1.807) is 25.3 Å². The van der Waals surface area contributed by atoms with Crippen LogP contribution in [0.25, 0.3) is 11.0 Å². The third-order valence-electron chi connectivity index (χ3n) is 5.61. The van der Waals surface area contributed by atoms with Gasteiger partial charge in [0.1, 0.15) is 17.3 Å². The number of nitrogens with one attached hydrogen (secondary N) is 1. The van der Waals surface area contributed by atoms with Crippen molar-refractivity contribution >= 4 is 28.5 Å². The van der Waals surface area contributed by atoms with E-state index in [0.29, 0.717) is 22.9 Å². The Kier molecular flexibility index (Phi) is 7.70. The number of aromatic nitrogens is 2. The fraction of sp³-hybridized carbons (Fsp3) is 0.259. The van der Waals surface area contributed by atoms with Crippen molar-refractivity contribution in [1.82, 2.24) is 14.9 Å². The van der Waals surface area contributed by atoms with Crippen LogP contribution >= 0.6 is 11.6 Å². The molecule has 0 radical (unpaired) electrons. The molecule has 0 spiro atoms. The highest BCUT2D eigenvalue weighted by molar-refractivity contribution is 6.30. The number of unbranched alkanes of at least 4 members (excludes halogenated alkanes) is 1. The van der Waals surface area contributed by atoms with Crippen LogP contribution in [-0.4, -0.2) is 29.2 Å². The van der Waals surface area contributed by atoms with Gasteiger partial charge < -0.3 is 19.4 Å². The van der Waals surface area contributed by atoms with Crippen LogP contribution in [0, 0.1) is 0 Å². The van der Waals surface area contributed by atoms with Crippen molar-refractivity contribution in [3.63, 3.8) is 0 Å². The zero-order valence-electron chi connectivity index (χ0n) is 19.3. The maximum atomic E-state index is 12.8. The van der Waals surface area contributed by atoms with Gasteiger partial charge in [-0.25, -0.2) is 4.98 Å². The molecule has 176 valence electrons. The Morgan fingerprint density at radius 3 is 2.62 bits per heavy atom. The molecular weight excluding hydrogens is 450 g/mol. The van der Waals surface area contributed by atoms with Gasteiger partial charge in [-0.15, -0.1) is 0 Å². The van der Waals surface area contributed by atoms with Gasteiger partial charge in [0.25, 0.3) is 5.91 Å². The van der Waals surface area contributed by atoms with Crippen LogP contribution < -0.4 is 14.8 Å². The first kappa shape index (κ1) is 23.6. The molecule has 6 nitrogen and oxygen atoms in total. The van der Waals surface area contributed by atoms with E-state index in [1.165, 1.54) is 0 Å². The minimum Gasteiger partial charge on any atom is -0.497 e. The summed E-state index contributed by atoms with van der Waals surface area (Å²) in [5, 5.41) is 3.77. The molecule has 0 aliphatic heterocycles. The molecule has 1 amide bonds. The van der Waals surface area contributed by atoms with Crippen molar-refractivity contribution in [3.05, 3.63) is 89.2 Å². The number of ether oxygens (including phenoxy) is 2. The summed E-state index contributed by atoms with van der Waals surface area (Å²) in [5.74, 6) is 2.12. The lowest BCUT2D eigenvalue weighted by molar-refractivity contribution is 0.0937. The lowest BCUT2D eigenvalue weighted by Gasteiger charge is -2.17. The second-order valence-electron chi connectivity index (χ2n) is 8.05. The number of methoxy groups -OCH3 is 1. The predicted octanol–water partition coefficient (Wildman–Crippen LogP) is 6.05. The summed E-state index contributed by atoms with van der Waals surface area (Å²) in [4.78, 5) is 17.7. The summed E-state index contributed by atoms with van der Waals surface area (Å²) in [6.07, 6.45) is 1.80. The molecule has 4 aromatic rings. The highest BCUT2D eigenvalue weighted by Gasteiger charge is 2.19. The molecule has 1 unspecified atom stereocenters. The molecule has 0 bridgehead atoms. The summed E-state index contributed by atoms with van der Waals surface area (Å²) in [7, 11) is 1.59. The minimum absolute atomic E-state index is 0.165. The highest BCUT2D eigenvalue weighted by Crippen LogP contribution is 2.23. The van der Waals surface area contributed by atoms with E-state index < -0.39 is 0 Å². The molecule has 3 aromatic carbocycles. The van der Waals surface area contributed by atoms with Gasteiger partial charge in [0, 0.05) is 17.1 Å². The predicted molar refractivity (Wildman–Crippen MR) is 135 cm³/mol. The van der Waals surface area contributed by atoms with Crippen molar-refractivity contribution < 1.29 is 14.3 Å². The first-order valence-electron chi connectivity index (χ1n) is 11.3. The van der Waals surface area contributed by atoms with E-state index in [0.717, 1.165) is 42.0 Å². The number of carbonyl (C=O) groups excluding carboxylic acids is 1. The van der Waals surface area contributed by atoms with E-state index in [9.17, 15) is 4.79 Å². The number of nitrogens with zero attached hydrogens (tertiary/aromatic N) is 2. The number of imidazole rings is 1. The second kappa shape index (κ2) is 11.1. The van der Waals surface area contributed by atoms with E-state index in [-0.39, 0.29) is 11.9 Å². The van der Waals surface area contributed by atoms with Crippen molar-refractivity contribution in [2.75, 3.05) is 13.7 Å². The van der Waals surface area contributed by atoms with Crippen LogP contribution in [0.5, 0.6) is 11.5 Å². The van der Waals surface area contributed by atoms with E-state index in [4.69, 9.17) is 26.1 Å². The van der Waals surface area contributed by atoms with Gasteiger partial charge in [-0.1, -0.05) is 29.8 Å². The lowest BCUT2D eigenvalue weighted by Crippen LogP contribution is -2.28. The molecule has 0 fully saturated rings. The average molecular weight is 478 g/mol. The van der Waals surface area contributed by atoms with E-state index in [1.807, 2.05) is 55.5 Å². The van der Waals surface area contributed by atoms with Crippen molar-refractivity contribution in [2.24, 2.45) is 0 Å². The zero-order chi connectivity index (χ0) is 23.9. The normalized spacial score (nSPS) is 11.9. The molecule has 34 heavy (non-hydrogen) atoms. The van der Waals surface area contributed by atoms with E-state index >= 15 is 0 Å². The highest BCUT2D eigenvalue weighted by atomic mass is 35.5.